The lowest BCUT2D eigenvalue weighted by Gasteiger charge is -2.31. The standard InChI is InChI=1S/C17H22N4O/c1-3-10-18-16(22)13-8-11-21(12-9-13)17-19-14-6-4-5-7-15(14)20(17)2/h3-7,13H,1,8-12H2,2H3,(H,18,22). The van der Waals surface area contributed by atoms with E-state index in [9.17, 15) is 4.79 Å². The van der Waals surface area contributed by atoms with Crippen LogP contribution >= 0.6 is 0 Å². The summed E-state index contributed by atoms with van der Waals surface area (Å²) < 4.78 is 2.13. The molecule has 2 aromatic rings. The van der Waals surface area contributed by atoms with Gasteiger partial charge in [-0.1, -0.05) is 18.2 Å². The molecule has 0 atom stereocenters. The van der Waals surface area contributed by atoms with Crippen molar-refractivity contribution in [2.45, 2.75) is 12.8 Å². The predicted octanol–water partition coefficient (Wildman–Crippen LogP) is 2.09. The summed E-state index contributed by atoms with van der Waals surface area (Å²) in [5.74, 6) is 1.24. The number of carbonyl (C=O) groups is 1. The summed E-state index contributed by atoms with van der Waals surface area (Å²) in [6.07, 6.45) is 3.45. The van der Waals surface area contributed by atoms with E-state index in [-0.39, 0.29) is 11.8 Å². The molecule has 3 rings (SSSR count). The minimum atomic E-state index is 0.103. The fourth-order valence-electron chi connectivity index (χ4n) is 3.07. The Labute approximate surface area is 130 Å². The van der Waals surface area contributed by atoms with Crippen molar-refractivity contribution in [3.05, 3.63) is 36.9 Å². The zero-order valence-electron chi connectivity index (χ0n) is 13.0. The van der Waals surface area contributed by atoms with Crippen molar-refractivity contribution in [2.24, 2.45) is 13.0 Å². The molecule has 0 saturated carbocycles. The van der Waals surface area contributed by atoms with Gasteiger partial charge in [0.15, 0.2) is 0 Å². The fourth-order valence-corrected chi connectivity index (χ4v) is 3.07. The largest absolute Gasteiger partial charge is 0.352 e. The maximum Gasteiger partial charge on any atom is 0.223 e. The van der Waals surface area contributed by atoms with Gasteiger partial charge in [-0.05, 0) is 25.0 Å². The maximum absolute atomic E-state index is 12.0. The molecule has 1 aliphatic heterocycles. The Hall–Kier alpha value is -2.30. The number of para-hydroxylation sites is 2. The zero-order valence-corrected chi connectivity index (χ0v) is 13.0. The third kappa shape index (κ3) is 2.71. The second-order valence-corrected chi connectivity index (χ2v) is 5.75. The number of carbonyl (C=O) groups excluding carboxylic acids is 1. The zero-order chi connectivity index (χ0) is 15.5. The highest BCUT2D eigenvalue weighted by molar-refractivity contribution is 5.80. The number of hydrogen-bond donors (Lipinski definition) is 1. The van der Waals surface area contributed by atoms with Gasteiger partial charge in [-0.25, -0.2) is 4.98 Å². The number of nitrogens with one attached hydrogen (secondary N) is 1. The van der Waals surface area contributed by atoms with Gasteiger partial charge >= 0.3 is 0 Å². The van der Waals surface area contributed by atoms with E-state index in [0.29, 0.717) is 6.54 Å². The molecule has 1 saturated heterocycles. The van der Waals surface area contributed by atoms with Gasteiger partial charge in [-0.3, -0.25) is 4.79 Å². The van der Waals surface area contributed by atoms with Gasteiger partial charge in [-0.15, -0.1) is 6.58 Å². The van der Waals surface area contributed by atoms with Crippen molar-refractivity contribution in [3.63, 3.8) is 0 Å². The van der Waals surface area contributed by atoms with Crippen LogP contribution in [-0.4, -0.2) is 35.1 Å². The van der Waals surface area contributed by atoms with Crippen LogP contribution in [0.15, 0.2) is 36.9 Å². The van der Waals surface area contributed by atoms with E-state index in [0.717, 1.165) is 42.9 Å². The monoisotopic (exact) mass is 298 g/mol. The van der Waals surface area contributed by atoms with Crippen LogP contribution in [0.5, 0.6) is 0 Å². The van der Waals surface area contributed by atoms with Crippen LogP contribution in [0.2, 0.25) is 0 Å². The lowest BCUT2D eigenvalue weighted by atomic mass is 9.96. The normalized spacial score (nSPS) is 16.0. The Balaban J connectivity index is 1.69. The first-order valence-corrected chi connectivity index (χ1v) is 7.75. The summed E-state index contributed by atoms with van der Waals surface area (Å²) in [7, 11) is 2.05. The molecule has 0 radical (unpaired) electrons. The molecular weight excluding hydrogens is 276 g/mol. The van der Waals surface area contributed by atoms with Crippen LogP contribution in [0, 0.1) is 5.92 Å². The lowest BCUT2D eigenvalue weighted by Crippen LogP contribution is -2.41. The Morgan fingerprint density at radius 1 is 1.41 bits per heavy atom. The molecule has 0 aliphatic carbocycles. The second-order valence-electron chi connectivity index (χ2n) is 5.75. The van der Waals surface area contributed by atoms with Crippen LogP contribution in [-0.2, 0) is 11.8 Å². The van der Waals surface area contributed by atoms with Crippen LogP contribution in [0.1, 0.15) is 12.8 Å². The minimum absolute atomic E-state index is 0.103. The van der Waals surface area contributed by atoms with Gasteiger partial charge in [-0.2, -0.15) is 0 Å². The molecule has 1 aliphatic rings. The molecule has 1 aromatic heterocycles. The molecule has 1 fully saturated rings. The number of imidazole rings is 1. The number of aromatic nitrogens is 2. The first kappa shape index (κ1) is 14.6. The number of hydrogen-bond acceptors (Lipinski definition) is 3. The third-order valence-corrected chi connectivity index (χ3v) is 4.33. The number of fused-ring (bicyclic) bond motifs is 1. The summed E-state index contributed by atoms with van der Waals surface area (Å²) in [5, 5.41) is 2.89. The number of amides is 1. The molecule has 2 heterocycles. The third-order valence-electron chi connectivity index (χ3n) is 4.33. The van der Waals surface area contributed by atoms with E-state index >= 15 is 0 Å². The van der Waals surface area contributed by atoms with E-state index in [4.69, 9.17) is 4.98 Å². The summed E-state index contributed by atoms with van der Waals surface area (Å²) in [6.45, 7) is 5.90. The Kier molecular flexibility index (Phi) is 4.13. The van der Waals surface area contributed by atoms with E-state index in [1.807, 2.05) is 25.2 Å². The van der Waals surface area contributed by atoms with Crippen molar-refractivity contribution < 1.29 is 4.79 Å². The van der Waals surface area contributed by atoms with E-state index in [2.05, 4.69) is 27.4 Å². The molecule has 5 heteroatoms. The van der Waals surface area contributed by atoms with Gasteiger partial charge in [0.25, 0.3) is 0 Å². The topological polar surface area (TPSA) is 50.2 Å². The molecule has 22 heavy (non-hydrogen) atoms. The molecule has 5 nitrogen and oxygen atoms in total. The van der Waals surface area contributed by atoms with Gasteiger partial charge < -0.3 is 14.8 Å². The lowest BCUT2D eigenvalue weighted by molar-refractivity contribution is -0.125. The summed E-state index contributed by atoms with van der Waals surface area (Å²) in [6, 6.07) is 8.16. The Bertz CT molecular complexity index is 683. The molecule has 1 amide bonds. The predicted molar refractivity (Wildman–Crippen MR) is 88.9 cm³/mol. The first-order chi connectivity index (χ1) is 10.7. The molecule has 1 N–H and O–H groups in total. The summed E-state index contributed by atoms with van der Waals surface area (Å²) >= 11 is 0. The van der Waals surface area contributed by atoms with Gasteiger partial charge in [0.1, 0.15) is 0 Å². The van der Waals surface area contributed by atoms with Gasteiger partial charge in [0.2, 0.25) is 11.9 Å². The van der Waals surface area contributed by atoms with Gasteiger partial charge in [0, 0.05) is 32.6 Å². The van der Waals surface area contributed by atoms with Gasteiger partial charge in [0.05, 0.1) is 11.0 Å². The molecule has 116 valence electrons. The highest BCUT2D eigenvalue weighted by atomic mass is 16.1. The summed E-state index contributed by atoms with van der Waals surface area (Å²) in [4.78, 5) is 19.0. The number of rotatable bonds is 4. The number of nitrogens with zero attached hydrogens (tertiary/aromatic N) is 3. The van der Waals surface area contributed by atoms with Crippen molar-refractivity contribution in [1.29, 1.82) is 0 Å². The van der Waals surface area contributed by atoms with E-state index < -0.39 is 0 Å². The Morgan fingerprint density at radius 2 is 2.14 bits per heavy atom. The number of piperidine rings is 1. The number of benzene rings is 1. The van der Waals surface area contributed by atoms with Crippen molar-refractivity contribution in [2.75, 3.05) is 24.5 Å². The minimum Gasteiger partial charge on any atom is -0.352 e. The van der Waals surface area contributed by atoms with E-state index in [1.54, 1.807) is 6.08 Å². The van der Waals surface area contributed by atoms with Crippen molar-refractivity contribution in [3.8, 4) is 0 Å². The Morgan fingerprint density at radius 3 is 2.82 bits per heavy atom. The smallest absolute Gasteiger partial charge is 0.223 e. The quantitative estimate of drug-likeness (QED) is 0.879. The molecule has 0 spiro atoms. The number of anilines is 1. The number of aryl methyl sites for hydroxylation is 1. The molecular formula is C17H22N4O. The highest BCUT2D eigenvalue weighted by Gasteiger charge is 2.26. The maximum atomic E-state index is 12.0. The van der Waals surface area contributed by atoms with Crippen LogP contribution in [0.4, 0.5) is 5.95 Å². The molecule has 0 unspecified atom stereocenters. The molecule has 1 aromatic carbocycles. The average molecular weight is 298 g/mol. The average Bonchev–Trinajstić information content (AvgIpc) is 2.90. The van der Waals surface area contributed by atoms with Crippen molar-refractivity contribution >= 4 is 22.9 Å². The first-order valence-electron chi connectivity index (χ1n) is 7.75. The van der Waals surface area contributed by atoms with Crippen molar-refractivity contribution in [1.82, 2.24) is 14.9 Å². The SMILES string of the molecule is C=CCNC(=O)C1CCN(c2nc3ccccc3n2C)CC1. The van der Waals surface area contributed by atoms with E-state index in [1.165, 1.54) is 0 Å². The fraction of sp³-hybridized carbons (Fsp3) is 0.412. The van der Waals surface area contributed by atoms with Crippen LogP contribution in [0.3, 0.4) is 0 Å². The van der Waals surface area contributed by atoms with Crippen LogP contribution < -0.4 is 10.2 Å². The van der Waals surface area contributed by atoms with Crippen LogP contribution in [0.25, 0.3) is 11.0 Å². The molecule has 0 bridgehead atoms. The second kappa shape index (κ2) is 6.22. The summed E-state index contributed by atoms with van der Waals surface area (Å²) in [5.41, 5.74) is 2.16. The highest BCUT2D eigenvalue weighted by Crippen LogP contribution is 2.25.